The molecule has 1 fully saturated rings. The molecule has 1 aromatic rings. The van der Waals surface area contributed by atoms with Crippen LogP contribution in [0, 0.1) is 0 Å². The van der Waals surface area contributed by atoms with Crippen LogP contribution < -0.4 is 4.74 Å². The number of hydrogen-bond acceptors (Lipinski definition) is 3. The van der Waals surface area contributed by atoms with E-state index in [4.69, 9.17) is 4.74 Å². The van der Waals surface area contributed by atoms with Gasteiger partial charge in [0.2, 0.25) is 0 Å². The van der Waals surface area contributed by atoms with E-state index in [2.05, 4.69) is 11.9 Å². The molecule has 1 aromatic carbocycles. The van der Waals surface area contributed by atoms with Gasteiger partial charge in [-0.3, -0.25) is 0 Å². The Labute approximate surface area is 96.6 Å². The first-order chi connectivity index (χ1) is 7.70. The predicted molar refractivity (Wildman–Crippen MR) is 64.1 cm³/mol. The molecule has 0 radical (unpaired) electrons. The second kappa shape index (κ2) is 4.74. The van der Waals surface area contributed by atoms with E-state index in [0.717, 1.165) is 30.8 Å². The van der Waals surface area contributed by atoms with Gasteiger partial charge in [-0.15, -0.1) is 0 Å². The molecule has 3 nitrogen and oxygen atoms in total. The second-order valence-corrected chi connectivity index (χ2v) is 4.40. The lowest BCUT2D eigenvalue weighted by Gasteiger charge is -2.16. The zero-order chi connectivity index (χ0) is 11.5. The van der Waals surface area contributed by atoms with E-state index in [9.17, 15) is 5.11 Å². The predicted octanol–water partition coefficient (Wildman–Crippen LogP) is 2.21. The van der Waals surface area contributed by atoms with Gasteiger partial charge in [0.15, 0.2) is 0 Å². The van der Waals surface area contributed by atoms with Crippen LogP contribution in [0.5, 0.6) is 11.5 Å². The highest BCUT2D eigenvalue weighted by molar-refractivity contribution is 5.42. The summed E-state index contributed by atoms with van der Waals surface area (Å²) in [6, 6.07) is 5.40. The number of ether oxygens (including phenoxy) is 1. The molecule has 2 rings (SSSR count). The smallest absolute Gasteiger partial charge is 0.123 e. The number of aromatic hydroxyl groups is 1. The van der Waals surface area contributed by atoms with Gasteiger partial charge in [-0.1, -0.05) is 0 Å². The third-order valence-electron chi connectivity index (χ3n) is 3.12. The summed E-state index contributed by atoms with van der Waals surface area (Å²) in [4.78, 5) is 2.31. The number of phenolic OH excluding ortho intramolecular Hbond substituents is 1. The van der Waals surface area contributed by atoms with Gasteiger partial charge in [-0.2, -0.15) is 0 Å². The van der Waals surface area contributed by atoms with Gasteiger partial charge >= 0.3 is 0 Å². The number of phenols is 1. The minimum absolute atomic E-state index is 0.327. The van der Waals surface area contributed by atoms with E-state index >= 15 is 0 Å². The van der Waals surface area contributed by atoms with Crippen molar-refractivity contribution < 1.29 is 9.84 Å². The van der Waals surface area contributed by atoms with E-state index in [1.54, 1.807) is 6.07 Å². The molecule has 0 aliphatic carbocycles. The van der Waals surface area contributed by atoms with Crippen molar-refractivity contribution in [1.82, 2.24) is 4.90 Å². The van der Waals surface area contributed by atoms with Gasteiger partial charge in [-0.05, 0) is 45.1 Å². The standard InChI is InChI=1S/C13H19NO2/c1-3-16-13-5-4-11(15)8-12(13)10-6-7-14(2)9-10/h4-5,8,10,15H,3,6-7,9H2,1-2H3. The largest absolute Gasteiger partial charge is 0.508 e. The van der Waals surface area contributed by atoms with E-state index in [1.165, 1.54) is 0 Å². The Morgan fingerprint density at radius 1 is 1.50 bits per heavy atom. The summed E-state index contributed by atoms with van der Waals surface area (Å²) in [5.41, 5.74) is 1.14. The molecule has 1 unspecified atom stereocenters. The van der Waals surface area contributed by atoms with Crippen LogP contribution in [-0.2, 0) is 0 Å². The summed E-state index contributed by atoms with van der Waals surface area (Å²) < 4.78 is 5.61. The number of benzene rings is 1. The zero-order valence-electron chi connectivity index (χ0n) is 9.94. The highest BCUT2D eigenvalue weighted by atomic mass is 16.5. The highest BCUT2D eigenvalue weighted by Gasteiger charge is 2.24. The molecule has 88 valence electrons. The van der Waals surface area contributed by atoms with Crippen LogP contribution in [0.2, 0.25) is 0 Å². The average Bonchev–Trinajstić information content (AvgIpc) is 2.68. The van der Waals surface area contributed by atoms with Crippen molar-refractivity contribution in [2.75, 3.05) is 26.7 Å². The molecular formula is C13H19NO2. The van der Waals surface area contributed by atoms with Crippen molar-refractivity contribution in [3.05, 3.63) is 23.8 Å². The molecule has 1 heterocycles. The lowest BCUT2D eigenvalue weighted by Crippen LogP contribution is -2.13. The Morgan fingerprint density at radius 2 is 2.31 bits per heavy atom. The minimum atomic E-state index is 0.327. The Morgan fingerprint density at radius 3 is 2.94 bits per heavy atom. The summed E-state index contributed by atoms with van der Waals surface area (Å²) in [6.07, 6.45) is 1.14. The lowest BCUT2D eigenvalue weighted by atomic mass is 9.97. The van der Waals surface area contributed by atoms with Crippen molar-refractivity contribution in [3.8, 4) is 11.5 Å². The van der Waals surface area contributed by atoms with Gasteiger partial charge in [0.1, 0.15) is 11.5 Å². The van der Waals surface area contributed by atoms with Crippen LogP contribution in [0.1, 0.15) is 24.8 Å². The fraction of sp³-hybridized carbons (Fsp3) is 0.538. The van der Waals surface area contributed by atoms with E-state index < -0.39 is 0 Å². The molecule has 0 spiro atoms. The van der Waals surface area contributed by atoms with Crippen LogP contribution in [0.15, 0.2) is 18.2 Å². The van der Waals surface area contributed by atoms with Gasteiger partial charge in [0.05, 0.1) is 6.61 Å². The third kappa shape index (κ3) is 2.30. The molecule has 1 aliphatic heterocycles. The Hall–Kier alpha value is -1.22. The lowest BCUT2D eigenvalue weighted by molar-refractivity contribution is 0.332. The average molecular weight is 221 g/mol. The van der Waals surface area contributed by atoms with Crippen LogP contribution in [-0.4, -0.2) is 36.8 Å². The molecular weight excluding hydrogens is 202 g/mol. The van der Waals surface area contributed by atoms with E-state index in [0.29, 0.717) is 18.3 Å². The summed E-state index contributed by atoms with van der Waals surface area (Å²) in [7, 11) is 2.13. The van der Waals surface area contributed by atoms with Gasteiger partial charge in [-0.25, -0.2) is 0 Å². The fourth-order valence-corrected chi connectivity index (χ4v) is 2.33. The van der Waals surface area contributed by atoms with Crippen LogP contribution in [0.4, 0.5) is 0 Å². The van der Waals surface area contributed by atoms with Gasteiger partial charge < -0.3 is 14.7 Å². The Kier molecular flexibility index (Phi) is 3.34. The van der Waals surface area contributed by atoms with Crippen molar-refractivity contribution in [3.63, 3.8) is 0 Å². The first-order valence-corrected chi connectivity index (χ1v) is 5.85. The molecule has 0 saturated carbocycles. The first-order valence-electron chi connectivity index (χ1n) is 5.85. The molecule has 1 N–H and O–H groups in total. The molecule has 1 saturated heterocycles. The van der Waals surface area contributed by atoms with Crippen LogP contribution in [0.3, 0.4) is 0 Å². The van der Waals surface area contributed by atoms with E-state index in [1.807, 2.05) is 19.1 Å². The SMILES string of the molecule is CCOc1ccc(O)cc1C1CCN(C)C1. The molecule has 1 atom stereocenters. The molecule has 0 amide bonds. The molecule has 3 heteroatoms. The maximum Gasteiger partial charge on any atom is 0.123 e. The van der Waals surface area contributed by atoms with E-state index in [-0.39, 0.29) is 0 Å². The number of nitrogens with zero attached hydrogens (tertiary/aromatic N) is 1. The Bertz CT molecular complexity index is 365. The molecule has 0 bridgehead atoms. The Balaban J connectivity index is 2.26. The first kappa shape index (κ1) is 11.3. The van der Waals surface area contributed by atoms with Crippen molar-refractivity contribution >= 4 is 0 Å². The van der Waals surface area contributed by atoms with Crippen molar-refractivity contribution in [1.29, 1.82) is 0 Å². The monoisotopic (exact) mass is 221 g/mol. The quantitative estimate of drug-likeness (QED) is 0.849. The second-order valence-electron chi connectivity index (χ2n) is 4.40. The van der Waals surface area contributed by atoms with Crippen LogP contribution in [0.25, 0.3) is 0 Å². The summed E-state index contributed by atoms with van der Waals surface area (Å²) in [5.74, 6) is 1.73. The summed E-state index contributed by atoms with van der Waals surface area (Å²) in [6.45, 7) is 4.81. The number of rotatable bonds is 3. The zero-order valence-corrected chi connectivity index (χ0v) is 9.94. The molecule has 1 aliphatic rings. The number of likely N-dealkylation sites (N-methyl/N-ethyl adjacent to an activating group) is 1. The number of hydrogen-bond donors (Lipinski definition) is 1. The maximum absolute atomic E-state index is 9.56. The van der Waals surface area contributed by atoms with Gasteiger partial charge in [0.25, 0.3) is 0 Å². The van der Waals surface area contributed by atoms with Crippen LogP contribution >= 0.6 is 0 Å². The maximum atomic E-state index is 9.56. The minimum Gasteiger partial charge on any atom is -0.508 e. The fourth-order valence-electron chi connectivity index (χ4n) is 2.33. The van der Waals surface area contributed by atoms with Crippen molar-refractivity contribution in [2.45, 2.75) is 19.3 Å². The summed E-state index contributed by atoms with van der Waals surface area (Å²) in [5, 5.41) is 9.56. The topological polar surface area (TPSA) is 32.7 Å². The van der Waals surface area contributed by atoms with Gasteiger partial charge in [0, 0.05) is 18.0 Å². The molecule has 16 heavy (non-hydrogen) atoms. The molecule has 0 aromatic heterocycles. The number of likely N-dealkylation sites (tertiary alicyclic amines) is 1. The summed E-state index contributed by atoms with van der Waals surface area (Å²) >= 11 is 0. The third-order valence-corrected chi connectivity index (χ3v) is 3.12. The van der Waals surface area contributed by atoms with Crippen molar-refractivity contribution in [2.24, 2.45) is 0 Å². The normalized spacial score (nSPS) is 21.2. The highest BCUT2D eigenvalue weighted by Crippen LogP contribution is 2.35.